The van der Waals surface area contributed by atoms with Gasteiger partial charge < -0.3 is 10.0 Å². The van der Waals surface area contributed by atoms with Crippen LogP contribution in [0, 0.1) is 5.92 Å². The number of piperidine rings is 1. The first-order chi connectivity index (χ1) is 12.2. The van der Waals surface area contributed by atoms with Crippen molar-refractivity contribution < 1.29 is 9.90 Å². The monoisotopic (exact) mass is 336 g/mol. The maximum atomic E-state index is 13.0. The van der Waals surface area contributed by atoms with Crippen LogP contribution in [0.5, 0.6) is 0 Å². The number of aliphatic hydroxyl groups is 1. The summed E-state index contributed by atoms with van der Waals surface area (Å²) in [7, 11) is 0. The number of fused-ring (bicyclic) bond motifs is 1. The molecule has 1 aromatic heterocycles. The fraction of sp³-hybridized carbons (Fsp3) is 0.429. The highest BCUT2D eigenvalue weighted by Crippen LogP contribution is 2.47. The van der Waals surface area contributed by atoms with Gasteiger partial charge in [0.1, 0.15) is 5.69 Å². The number of benzene rings is 1. The van der Waals surface area contributed by atoms with Crippen LogP contribution in [0.15, 0.2) is 54.7 Å². The Bertz CT molecular complexity index is 734. The van der Waals surface area contributed by atoms with Crippen LogP contribution < -0.4 is 0 Å². The van der Waals surface area contributed by atoms with Crippen LogP contribution in [0.25, 0.3) is 0 Å². The van der Waals surface area contributed by atoms with Gasteiger partial charge in [-0.2, -0.15) is 0 Å². The van der Waals surface area contributed by atoms with Gasteiger partial charge in [0.05, 0.1) is 5.60 Å². The van der Waals surface area contributed by atoms with Gasteiger partial charge in [-0.3, -0.25) is 9.78 Å². The number of nitrogens with zero attached hydrogens (tertiary/aromatic N) is 2. The highest BCUT2D eigenvalue weighted by Gasteiger charge is 2.50. The summed E-state index contributed by atoms with van der Waals surface area (Å²) in [6, 6.07) is 15.5. The third-order valence-corrected chi connectivity index (χ3v) is 5.90. The first-order valence-electron chi connectivity index (χ1n) is 9.20. The van der Waals surface area contributed by atoms with E-state index in [1.165, 1.54) is 0 Å². The van der Waals surface area contributed by atoms with Crippen molar-refractivity contribution in [3.05, 3.63) is 66.0 Å². The summed E-state index contributed by atoms with van der Waals surface area (Å²) < 4.78 is 0. The molecule has 1 amide bonds. The van der Waals surface area contributed by atoms with Gasteiger partial charge in [0.15, 0.2) is 0 Å². The molecule has 1 unspecified atom stereocenters. The van der Waals surface area contributed by atoms with Crippen molar-refractivity contribution in [2.45, 2.75) is 43.7 Å². The first-order valence-corrected chi connectivity index (χ1v) is 9.20. The average molecular weight is 336 g/mol. The van der Waals surface area contributed by atoms with Crippen molar-refractivity contribution in [2.75, 3.05) is 6.54 Å². The molecule has 0 spiro atoms. The minimum Gasteiger partial charge on any atom is -0.385 e. The zero-order valence-corrected chi connectivity index (χ0v) is 14.3. The molecule has 1 aromatic carbocycles. The molecule has 4 rings (SSSR count). The Labute approximate surface area is 148 Å². The number of aromatic nitrogens is 1. The summed E-state index contributed by atoms with van der Waals surface area (Å²) in [5.41, 5.74) is 0.640. The smallest absolute Gasteiger partial charge is 0.272 e. The second kappa shape index (κ2) is 6.60. The second-order valence-corrected chi connectivity index (χ2v) is 7.21. The molecule has 2 aliphatic rings. The van der Waals surface area contributed by atoms with Gasteiger partial charge in [-0.25, -0.2) is 0 Å². The van der Waals surface area contributed by atoms with Crippen molar-refractivity contribution in [3.8, 4) is 0 Å². The Kier molecular flexibility index (Phi) is 4.30. The fourth-order valence-corrected chi connectivity index (χ4v) is 4.66. The van der Waals surface area contributed by atoms with E-state index in [2.05, 4.69) is 4.98 Å². The van der Waals surface area contributed by atoms with E-state index in [1.807, 2.05) is 47.4 Å². The summed E-state index contributed by atoms with van der Waals surface area (Å²) in [6.07, 6.45) is 6.38. The molecule has 1 saturated heterocycles. The van der Waals surface area contributed by atoms with E-state index in [-0.39, 0.29) is 17.9 Å². The third kappa shape index (κ3) is 2.85. The molecule has 4 heteroatoms. The topological polar surface area (TPSA) is 53.4 Å². The minimum atomic E-state index is -0.840. The van der Waals surface area contributed by atoms with Gasteiger partial charge in [-0.05, 0) is 37.0 Å². The molecule has 2 aromatic rings. The van der Waals surface area contributed by atoms with E-state index < -0.39 is 5.60 Å². The Morgan fingerprint density at radius 2 is 1.84 bits per heavy atom. The lowest BCUT2D eigenvalue weighted by molar-refractivity contribution is -0.110. The molecule has 1 saturated carbocycles. The van der Waals surface area contributed by atoms with Gasteiger partial charge in [0.2, 0.25) is 0 Å². The number of rotatable bonds is 2. The van der Waals surface area contributed by atoms with Gasteiger partial charge in [-0.15, -0.1) is 0 Å². The molecule has 2 heterocycles. The third-order valence-electron chi connectivity index (χ3n) is 5.90. The molecule has 2 fully saturated rings. The van der Waals surface area contributed by atoms with Crippen LogP contribution in [0.3, 0.4) is 0 Å². The molecule has 3 atom stereocenters. The Morgan fingerprint density at radius 3 is 2.60 bits per heavy atom. The van der Waals surface area contributed by atoms with E-state index in [0.717, 1.165) is 31.2 Å². The van der Waals surface area contributed by atoms with Crippen molar-refractivity contribution >= 4 is 5.91 Å². The van der Waals surface area contributed by atoms with Crippen LogP contribution >= 0.6 is 0 Å². The quantitative estimate of drug-likeness (QED) is 0.915. The predicted molar refractivity (Wildman–Crippen MR) is 96.0 cm³/mol. The number of hydrogen-bond acceptors (Lipinski definition) is 3. The number of amides is 1. The lowest BCUT2D eigenvalue weighted by Crippen LogP contribution is -2.59. The molecule has 0 radical (unpaired) electrons. The van der Waals surface area contributed by atoms with Crippen molar-refractivity contribution in [3.63, 3.8) is 0 Å². The van der Waals surface area contributed by atoms with Crippen molar-refractivity contribution in [1.29, 1.82) is 0 Å². The molecule has 25 heavy (non-hydrogen) atoms. The molecule has 1 aliphatic heterocycles. The molecule has 1 aliphatic carbocycles. The lowest BCUT2D eigenvalue weighted by atomic mass is 9.66. The SMILES string of the molecule is O=C(c1ccccn1)N1CCC(O)(c2ccccc2)[C@H]2CCCC[C@@H]21. The molecular formula is C21H24N2O2. The lowest BCUT2D eigenvalue weighted by Gasteiger charge is -2.52. The van der Waals surface area contributed by atoms with E-state index in [4.69, 9.17) is 0 Å². The predicted octanol–water partition coefficient (Wildman–Crippen LogP) is 3.37. The standard InChI is InChI=1S/C21H24N2O2/c24-20(18-11-6-7-14-22-18)23-15-13-21(25,16-8-2-1-3-9-16)17-10-4-5-12-19(17)23/h1-3,6-9,11,14,17,19,25H,4-5,10,12-13,15H2/t17-,19-,21?/m0/s1. The normalized spacial score (nSPS) is 29.1. The first kappa shape index (κ1) is 16.3. The van der Waals surface area contributed by atoms with Gasteiger partial charge in [0.25, 0.3) is 5.91 Å². The van der Waals surface area contributed by atoms with Crippen molar-refractivity contribution in [2.24, 2.45) is 5.92 Å². The van der Waals surface area contributed by atoms with E-state index in [1.54, 1.807) is 12.3 Å². The highest BCUT2D eigenvalue weighted by atomic mass is 16.3. The summed E-state index contributed by atoms with van der Waals surface area (Å²) in [4.78, 5) is 19.2. The van der Waals surface area contributed by atoms with E-state index in [0.29, 0.717) is 18.7 Å². The van der Waals surface area contributed by atoms with Crippen LogP contribution in [-0.4, -0.2) is 33.5 Å². The number of carbonyl (C=O) groups is 1. The van der Waals surface area contributed by atoms with E-state index >= 15 is 0 Å². The molecule has 130 valence electrons. The van der Waals surface area contributed by atoms with Crippen LogP contribution in [0.4, 0.5) is 0 Å². The second-order valence-electron chi connectivity index (χ2n) is 7.21. The fourth-order valence-electron chi connectivity index (χ4n) is 4.66. The van der Waals surface area contributed by atoms with Gasteiger partial charge in [0, 0.05) is 24.7 Å². The number of carbonyl (C=O) groups excluding carboxylic acids is 1. The Balaban J connectivity index is 1.66. The van der Waals surface area contributed by atoms with E-state index in [9.17, 15) is 9.90 Å². The summed E-state index contributed by atoms with van der Waals surface area (Å²) >= 11 is 0. The maximum Gasteiger partial charge on any atom is 0.272 e. The minimum absolute atomic E-state index is 0.00684. The van der Waals surface area contributed by atoms with Crippen LogP contribution in [-0.2, 0) is 5.60 Å². The summed E-state index contributed by atoms with van der Waals surface area (Å²) in [5, 5.41) is 11.6. The van der Waals surface area contributed by atoms with Gasteiger partial charge >= 0.3 is 0 Å². The molecule has 1 N–H and O–H groups in total. The number of likely N-dealkylation sites (tertiary alicyclic amines) is 1. The average Bonchev–Trinajstić information content (AvgIpc) is 2.69. The highest BCUT2D eigenvalue weighted by molar-refractivity contribution is 5.92. The summed E-state index contributed by atoms with van der Waals surface area (Å²) in [6.45, 7) is 0.571. The molecule has 0 bridgehead atoms. The number of hydrogen-bond donors (Lipinski definition) is 1. The van der Waals surface area contributed by atoms with Gasteiger partial charge in [-0.1, -0.05) is 49.2 Å². The number of pyridine rings is 1. The Morgan fingerprint density at radius 1 is 1.08 bits per heavy atom. The zero-order chi connectivity index (χ0) is 17.3. The summed E-state index contributed by atoms with van der Waals surface area (Å²) in [5.74, 6) is 0.0812. The largest absolute Gasteiger partial charge is 0.385 e. The maximum absolute atomic E-state index is 13.0. The zero-order valence-electron chi connectivity index (χ0n) is 14.3. The van der Waals surface area contributed by atoms with Crippen molar-refractivity contribution in [1.82, 2.24) is 9.88 Å². The van der Waals surface area contributed by atoms with Crippen LogP contribution in [0.1, 0.15) is 48.2 Å². The molecule has 4 nitrogen and oxygen atoms in total. The van der Waals surface area contributed by atoms with Crippen LogP contribution in [0.2, 0.25) is 0 Å². The Hall–Kier alpha value is -2.20. The molecular weight excluding hydrogens is 312 g/mol.